The van der Waals surface area contributed by atoms with Gasteiger partial charge < -0.3 is 14.5 Å². The molecule has 37 heavy (non-hydrogen) atoms. The molecule has 0 aliphatic carbocycles. The maximum Gasteiger partial charge on any atom is 0.401 e. The van der Waals surface area contributed by atoms with Gasteiger partial charge in [-0.1, -0.05) is 11.8 Å². The van der Waals surface area contributed by atoms with Gasteiger partial charge in [0, 0.05) is 29.6 Å². The van der Waals surface area contributed by atoms with Crippen LogP contribution in [0.1, 0.15) is 39.3 Å². The van der Waals surface area contributed by atoms with Crippen LogP contribution in [0.5, 0.6) is 5.75 Å². The second-order valence-corrected chi connectivity index (χ2v) is 8.52. The largest absolute Gasteiger partial charge is 0.490 e. The topological polar surface area (TPSA) is 104 Å². The van der Waals surface area contributed by atoms with Crippen molar-refractivity contribution in [2.24, 2.45) is 0 Å². The first-order valence-electron chi connectivity index (χ1n) is 11.5. The summed E-state index contributed by atoms with van der Waals surface area (Å²) in [6, 6.07) is 13.0. The van der Waals surface area contributed by atoms with Gasteiger partial charge in [0.25, 0.3) is 11.8 Å². The average molecular weight is 515 g/mol. The third kappa shape index (κ3) is 7.25. The van der Waals surface area contributed by atoms with Crippen molar-refractivity contribution < 1.29 is 37.1 Å². The molecular weight excluding hydrogens is 491 g/mol. The molecule has 1 aliphatic heterocycles. The highest BCUT2D eigenvalue weighted by Gasteiger charge is 2.32. The standard InChI is InChI=1S/C26H24F3N3O5/c27-26(28,29)16-32-12-9-20(10-13-32)36-21-7-8-22-19(14-21)15-23(37-22)25(34)30-11-1-2-17-3-5-18(6-4-17)24(33)31-35/h3-8,14-15,20,35H,9-13,16H2,(H,30,34)(H,31,33). The summed E-state index contributed by atoms with van der Waals surface area (Å²) in [6.07, 6.45) is -3.39. The van der Waals surface area contributed by atoms with Gasteiger partial charge in [0.2, 0.25) is 0 Å². The van der Waals surface area contributed by atoms with E-state index in [2.05, 4.69) is 17.2 Å². The number of hydrogen-bond acceptors (Lipinski definition) is 6. The number of hydrogen-bond donors (Lipinski definition) is 3. The zero-order valence-corrected chi connectivity index (χ0v) is 19.6. The number of nitrogens with one attached hydrogen (secondary N) is 2. The minimum absolute atomic E-state index is 0.0656. The molecule has 2 heterocycles. The Morgan fingerprint density at radius 3 is 2.49 bits per heavy atom. The van der Waals surface area contributed by atoms with Gasteiger partial charge in [0.1, 0.15) is 17.4 Å². The van der Waals surface area contributed by atoms with Gasteiger partial charge >= 0.3 is 6.18 Å². The summed E-state index contributed by atoms with van der Waals surface area (Å²) >= 11 is 0. The Labute approximate surface area is 210 Å². The highest BCUT2D eigenvalue weighted by molar-refractivity contribution is 5.96. The number of furan rings is 1. The summed E-state index contributed by atoms with van der Waals surface area (Å²) in [4.78, 5) is 25.2. The molecule has 194 valence electrons. The quantitative estimate of drug-likeness (QED) is 0.263. The van der Waals surface area contributed by atoms with E-state index in [1.807, 2.05) is 0 Å². The molecule has 2 aromatic carbocycles. The van der Waals surface area contributed by atoms with E-state index in [9.17, 15) is 22.8 Å². The number of fused-ring (bicyclic) bond motifs is 1. The molecule has 0 radical (unpaired) electrons. The van der Waals surface area contributed by atoms with Crippen molar-refractivity contribution in [1.29, 1.82) is 0 Å². The number of ether oxygens (including phenoxy) is 1. The summed E-state index contributed by atoms with van der Waals surface area (Å²) in [5.41, 5.74) is 2.96. The molecule has 4 rings (SSSR count). The molecule has 3 aromatic rings. The van der Waals surface area contributed by atoms with Crippen LogP contribution in [0.2, 0.25) is 0 Å². The maximum atomic E-state index is 12.6. The molecule has 0 bridgehead atoms. The second kappa shape index (κ2) is 11.4. The molecule has 0 unspecified atom stereocenters. The van der Waals surface area contributed by atoms with Crippen LogP contribution in [-0.4, -0.2) is 60.4 Å². The van der Waals surface area contributed by atoms with E-state index in [0.29, 0.717) is 48.2 Å². The molecule has 1 fully saturated rings. The van der Waals surface area contributed by atoms with Crippen molar-refractivity contribution in [2.75, 3.05) is 26.2 Å². The number of benzene rings is 2. The number of rotatable bonds is 6. The van der Waals surface area contributed by atoms with Crippen molar-refractivity contribution in [1.82, 2.24) is 15.7 Å². The minimum Gasteiger partial charge on any atom is -0.490 e. The molecule has 1 saturated heterocycles. The van der Waals surface area contributed by atoms with Gasteiger partial charge in [-0.2, -0.15) is 13.2 Å². The Hall–Kier alpha value is -4.01. The number of amides is 2. The first-order valence-corrected chi connectivity index (χ1v) is 11.5. The molecule has 0 spiro atoms. The summed E-state index contributed by atoms with van der Waals surface area (Å²) in [5, 5.41) is 11.9. The number of nitrogens with zero attached hydrogens (tertiary/aromatic N) is 1. The fourth-order valence-electron chi connectivity index (χ4n) is 3.97. The minimum atomic E-state index is -4.20. The fraction of sp³-hybridized carbons (Fsp3) is 0.308. The lowest BCUT2D eigenvalue weighted by atomic mass is 10.1. The Balaban J connectivity index is 1.29. The monoisotopic (exact) mass is 515 g/mol. The van der Waals surface area contributed by atoms with E-state index in [1.54, 1.807) is 41.9 Å². The van der Waals surface area contributed by atoms with Crippen molar-refractivity contribution in [3.63, 3.8) is 0 Å². The van der Waals surface area contributed by atoms with E-state index in [4.69, 9.17) is 14.4 Å². The van der Waals surface area contributed by atoms with Gasteiger partial charge in [-0.05, 0) is 61.4 Å². The second-order valence-electron chi connectivity index (χ2n) is 8.52. The third-order valence-electron chi connectivity index (χ3n) is 5.77. The van der Waals surface area contributed by atoms with Crippen LogP contribution in [-0.2, 0) is 0 Å². The summed E-state index contributed by atoms with van der Waals surface area (Å²) in [7, 11) is 0. The van der Waals surface area contributed by atoms with Crippen molar-refractivity contribution in [3.05, 3.63) is 65.4 Å². The lowest BCUT2D eigenvalue weighted by molar-refractivity contribution is -0.149. The first kappa shape index (κ1) is 26.1. The van der Waals surface area contributed by atoms with Gasteiger partial charge in [0.15, 0.2) is 5.76 Å². The smallest absolute Gasteiger partial charge is 0.401 e. The van der Waals surface area contributed by atoms with Gasteiger partial charge in [-0.25, -0.2) is 5.48 Å². The van der Waals surface area contributed by atoms with Crippen LogP contribution in [0.4, 0.5) is 13.2 Å². The van der Waals surface area contributed by atoms with E-state index >= 15 is 0 Å². The van der Waals surface area contributed by atoms with Crippen molar-refractivity contribution >= 4 is 22.8 Å². The fourth-order valence-corrected chi connectivity index (χ4v) is 3.97. The first-order chi connectivity index (χ1) is 17.7. The van der Waals surface area contributed by atoms with Gasteiger partial charge in [0.05, 0.1) is 13.1 Å². The van der Waals surface area contributed by atoms with Crippen LogP contribution in [0.15, 0.2) is 52.9 Å². The number of alkyl halides is 3. The molecule has 8 nitrogen and oxygen atoms in total. The maximum absolute atomic E-state index is 12.6. The Bertz CT molecular complexity index is 1320. The molecule has 11 heteroatoms. The van der Waals surface area contributed by atoms with E-state index < -0.39 is 24.5 Å². The number of likely N-dealkylation sites (tertiary alicyclic amines) is 1. The average Bonchev–Trinajstić information content (AvgIpc) is 3.30. The third-order valence-corrected chi connectivity index (χ3v) is 5.77. The van der Waals surface area contributed by atoms with Crippen molar-refractivity contribution in [2.45, 2.75) is 25.1 Å². The predicted molar refractivity (Wildman–Crippen MR) is 127 cm³/mol. The molecule has 3 N–H and O–H groups in total. The highest BCUT2D eigenvalue weighted by Crippen LogP contribution is 2.27. The van der Waals surface area contributed by atoms with Crippen LogP contribution >= 0.6 is 0 Å². The van der Waals surface area contributed by atoms with Crippen LogP contribution < -0.4 is 15.5 Å². The summed E-state index contributed by atoms with van der Waals surface area (Å²) in [5.74, 6) is 5.26. The summed E-state index contributed by atoms with van der Waals surface area (Å²) < 4.78 is 49.2. The summed E-state index contributed by atoms with van der Waals surface area (Å²) in [6.45, 7) is -0.207. The van der Waals surface area contributed by atoms with Crippen LogP contribution in [0.25, 0.3) is 11.0 Å². The highest BCUT2D eigenvalue weighted by atomic mass is 19.4. The normalized spacial score (nSPS) is 14.6. The number of carbonyl (C=O) groups is 2. The van der Waals surface area contributed by atoms with Crippen molar-refractivity contribution in [3.8, 4) is 17.6 Å². The Morgan fingerprint density at radius 2 is 1.81 bits per heavy atom. The number of carbonyl (C=O) groups excluding carboxylic acids is 2. The number of halogens is 3. The zero-order valence-electron chi connectivity index (χ0n) is 19.6. The molecule has 2 amide bonds. The molecular formula is C26H24F3N3O5. The lowest BCUT2D eigenvalue weighted by Gasteiger charge is -2.32. The van der Waals surface area contributed by atoms with E-state index in [1.165, 1.54) is 17.0 Å². The molecule has 0 atom stereocenters. The number of piperidine rings is 1. The van der Waals surface area contributed by atoms with Gasteiger partial charge in [-0.15, -0.1) is 0 Å². The molecule has 1 aromatic heterocycles. The van der Waals surface area contributed by atoms with E-state index in [-0.39, 0.29) is 24.0 Å². The predicted octanol–water partition coefficient (Wildman–Crippen LogP) is 3.74. The Morgan fingerprint density at radius 1 is 1.08 bits per heavy atom. The van der Waals surface area contributed by atoms with Crippen LogP contribution in [0.3, 0.4) is 0 Å². The number of hydroxylamine groups is 1. The Kier molecular flexibility index (Phi) is 8.01. The molecule has 1 aliphatic rings. The lowest BCUT2D eigenvalue weighted by Crippen LogP contribution is -2.42. The molecule has 0 saturated carbocycles. The van der Waals surface area contributed by atoms with E-state index in [0.717, 1.165) is 0 Å². The van der Waals surface area contributed by atoms with Gasteiger partial charge in [-0.3, -0.25) is 19.7 Å². The zero-order chi connectivity index (χ0) is 26.4. The SMILES string of the molecule is O=C(NO)c1ccc(C#CCNC(=O)c2cc3cc(OC4CCN(CC(F)(F)F)CC4)ccc3o2)cc1. The van der Waals surface area contributed by atoms with Crippen LogP contribution in [0, 0.1) is 11.8 Å².